The van der Waals surface area contributed by atoms with E-state index in [-0.39, 0.29) is 6.04 Å². The molecule has 3 heteroatoms. The fraction of sp³-hybridized carbons (Fsp3) is 0.333. The van der Waals surface area contributed by atoms with Gasteiger partial charge in [-0.05, 0) is 60.8 Å². The molecule has 2 nitrogen and oxygen atoms in total. The molecule has 0 fully saturated rings. The summed E-state index contributed by atoms with van der Waals surface area (Å²) in [7, 11) is 1.71. The number of ether oxygens (including phenoxy) is 1. The van der Waals surface area contributed by atoms with Crippen LogP contribution >= 0.6 is 15.9 Å². The minimum Gasteiger partial charge on any atom is -0.496 e. The molecule has 0 aliphatic carbocycles. The van der Waals surface area contributed by atoms with Gasteiger partial charge in [-0.2, -0.15) is 0 Å². The van der Waals surface area contributed by atoms with Crippen molar-refractivity contribution < 1.29 is 4.74 Å². The van der Waals surface area contributed by atoms with E-state index in [2.05, 4.69) is 72.3 Å². The van der Waals surface area contributed by atoms with E-state index in [0.717, 1.165) is 22.3 Å². The number of methoxy groups -OCH3 is 1. The maximum Gasteiger partial charge on any atom is 0.121 e. The maximum absolute atomic E-state index is 5.36. The second-order valence-electron chi connectivity index (χ2n) is 5.22. The van der Waals surface area contributed by atoms with Crippen LogP contribution in [0.25, 0.3) is 0 Å². The second kappa shape index (κ2) is 7.10. The summed E-state index contributed by atoms with van der Waals surface area (Å²) in [5.74, 6) is 0.932. The van der Waals surface area contributed by atoms with Gasteiger partial charge in [-0.3, -0.25) is 0 Å². The number of hydrogen-bond acceptors (Lipinski definition) is 2. The first-order chi connectivity index (χ1) is 10.1. The van der Waals surface area contributed by atoms with Crippen LogP contribution in [0.2, 0.25) is 0 Å². The number of aryl methyl sites for hydroxylation is 2. The molecule has 21 heavy (non-hydrogen) atoms. The summed E-state index contributed by atoms with van der Waals surface area (Å²) in [5.41, 5.74) is 5.02. The van der Waals surface area contributed by atoms with E-state index < -0.39 is 0 Å². The van der Waals surface area contributed by atoms with E-state index >= 15 is 0 Å². The van der Waals surface area contributed by atoms with Crippen molar-refractivity contribution in [1.29, 1.82) is 0 Å². The normalized spacial score (nSPS) is 12.2. The summed E-state index contributed by atoms with van der Waals surface area (Å²) in [6, 6.07) is 13.0. The highest BCUT2D eigenvalue weighted by Gasteiger charge is 2.16. The zero-order valence-corrected chi connectivity index (χ0v) is 14.6. The molecule has 2 rings (SSSR count). The van der Waals surface area contributed by atoms with Crippen LogP contribution in [0.4, 0.5) is 0 Å². The Bertz CT molecular complexity index is 625. The minimum absolute atomic E-state index is 0.202. The lowest BCUT2D eigenvalue weighted by atomic mass is 9.94. The van der Waals surface area contributed by atoms with Crippen LogP contribution in [0.3, 0.4) is 0 Å². The third-order valence-electron chi connectivity index (χ3n) is 3.70. The number of hydrogen-bond donors (Lipinski definition) is 1. The van der Waals surface area contributed by atoms with Gasteiger partial charge in [0.15, 0.2) is 0 Å². The SMILES string of the molecule is CCNC(c1ccc(OC)c(C)c1)c1ccc(Br)cc1C. The molecule has 2 aromatic carbocycles. The van der Waals surface area contributed by atoms with E-state index in [1.54, 1.807) is 7.11 Å². The van der Waals surface area contributed by atoms with E-state index in [1.807, 2.05) is 6.07 Å². The minimum atomic E-state index is 0.202. The zero-order valence-electron chi connectivity index (χ0n) is 13.0. The fourth-order valence-electron chi connectivity index (χ4n) is 2.66. The highest BCUT2D eigenvalue weighted by atomic mass is 79.9. The summed E-state index contributed by atoms with van der Waals surface area (Å²) in [6.45, 7) is 7.30. The van der Waals surface area contributed by atoms with Crippen molar-refractivity contribution in [2.45, 2.75) is 26.8 Å². The molecule has 0 bridgehead atoms. The molecule has 1 atom stereocenters. The summed E-state index contributed by atoms with van der Waals surface area (Å²) in [6.07, 6.45) is 0. The van der Waals surface area contributed by atoms with Crippen LogP contribution in [0.5, 0.6) is 5.75 Å². The van der Waals surface area contributed by atoms with Crippen LogP contribution in [0.1, 0.15) is 35.2 Å². The van der Waals surface area contributed by atoms with Gasteiger partial charge in [0.2, 0.25) is 0 Å². The van der Waals surface area contributed by atoms with Crippen LogP contribution in [-0.4, -0.2) is 13.7 Å². The first-order valence-electron chi connectivity index (χ1n) is 7.20. The summed E-state index contributed by atoms with van der Waals surface area (Å²) in [4.78, 5) is 0. The zero-order chi connectivity index (χ0) is 15.4. The van der Waals surface area contributed by atoms with Crippen molar-refractivity contribution in [2.24, 2.45) is 0 Å². The molecule has 112 valence electrons. The van der Waals surface area contributed by atoms with Gasteiger partial charge in [-0.25, -0.2) is 0 Å². The van der Waals surface area contributed by atoms with Crippen molar-refractivity contribution >= 4 is 15.9 Å². The first kappa shape index (κ1) is 16.1. The van der Waals surface area contributed by atoms with E-state index in [4.69, 9.17) is 4.74 Å². The van der Waals surface area contributed by atoms with Crippen molar-refractivity contribution in [3.8, 4) is 5.75 Å². The van der Waals surface area contributed by atoms with Crippen molar-refractivity contribution in [2.75, 3.05) is 13.7 Å². The van der Waals surface area contributed by atoms with Gasteiger partial charge in [-0.15, -0.1) is 0 Å². The lowest BCUT2D eigenvalue weighted by molar-refractivity contribution is 0.411. The van der Waals surface area contributed by atoms with Crippen molar-refractivity contribution in [3.63, 3.8) is 0 Å². The monoisotopic (exact) mass is 347 g/mol. The van der Waals surface area contributed by atoms with E-state index in [1.165, 1.54) is 16.7 Å². The Hall–Kier alpha value is -1.32. The molecule has 1 N–H and O–H groups in total. The fourth-order valence-corrected chi connectivity index (χ4v) is 3.13. The van der Waals surface area contributed by atoms with Crippen LogP contribution in [-0.2, 0) is 0 Å². The Morgan fingerprint density at radius 3 is 2.43 bits per heavy atom. The Morgan fingerprint density at radius 1 is 1.10 bits per heavy atom. The molecule has 0 radical (unpaired) electrons. The summed E-state index contributed by atoms with van der Waals surface area (Å²) in [5, 5.41) is 3.58. The topological polar surface area (TPSA) is 21.3 Å². The van der Waals surface area contributed by atoms with Gasteiger partial charge in [0.1, 0.15) is 5.75 Å². The van der Waals surface area contributed by atoms with Gasteiger partial charge in [0, 0.05) is 4.47 Å². The van der Waals surface area contributed by atoms with Gasteiger partial charge in [-0.1, -0.05) is 41.1 Å². The molecular weight excluding hydrogens is 326 g/mol. The summed E-state index contributed by atoms with van der Waals surface area (Å²) < 4.78 is 6.47. The number of rotatable bonds is 5. The van der Waals surface area contributed by atoms with Gasteiger partial charge < -0.3 is 10.1 Å². The molecule has 0 aliphatic rings. The second-order valence-corrected chi connectivity index (χ2v) is 6.14. The lowest BCUT2D eigenvalue weighted by Gasteiger charge is -2.22. The Labute approximate surface area is 135 Å². The van der Waals surface area contributed by atoms with Crippen molar-refractivity contribution in [3.05, 3.63) is 63.1 Å². The molecule has 0 spiro atoms. The average molecular weight is 348 g/mol. The Morgan fingerprint density at radius 2 is 1.86 bits per heavy atom. The first-order valence-corrected chi connectivity index (χ1v) is 8.00. The lowest BCUT2D eigenvalue weighted by Crippen LogP contribution is -2.22. The Balaban J connectivity index is 2.45. The summed E-state index contributed by atoms with van der Waals surface area (Å²) >= 11 is 3.53. The number of nitrogens with one attached hydrogen (secondary N) is 1. The van der Waals surface area contributed by atoms with Crippen LogP contribution in [0.15, 0.2) is 40.9 Å². The number of benzene rings is 2. The largest absolute Gasteiger partial charge is 0.496 e. The molecular formula is C18H22BrNO. The quantitative estimate of drug-likeness (QED) is 0.840. The third-order valence-corrected chi connectivity index (χ3v) is 4.20. The standard InChI is InChI=1S/C18H22BrNO/c1-5-20-18(16-8-7-15(19)11-12(16)2)14-6-9-17(21-4)13(3)10-14/h6-11,18,20H,5H2,1-4H3. The molecule has 0 saturated heterocycles. The maximum atomic E-state index is 5.36. The van der Waals surface area contributed by atoms with E-state index in [9.17, 15) is 0 Å². The molecule has 0 aromatic heterocycles. The molecule has 0 saturated carbocycles. The predicted octanol–water partition coefficient (Wildman–Crippen LogP) is 4.77. The molecule has 0 aliphatic heterocycles. The molecule has 0 amide bonds. The Kier molecular flexibility index (Phi) is 5.43. The smallest absolute Gasteiger partial charge is 0.121 e. The van der Waals surface area contributed by atoms with E-state index in [0.29, 0.717) is 0 Å². The number of halogens is 1. The predicted molar refractivity (Wildman–Crippen MR) is 92.1 cm³/mol. The average Bonchev–Trinajstić information content (AvgIpc) is 2.45. The molecule has 1 unspecified atom stereocenters. The highest BCUT2D eigenvalue weighted by Crippen LogP contribution is 2.29. The molecule has 2 aromatic rings. The third kappa shape index (κ3) is 3.66. The van der Waals surface area contributed by atoms with Crippen molar-refractivity contribution in [1.82, 2.24) is 5.32 Å². The van der Waals surface area contributed by atoms with Crippen LogP contribution in [0, 0.1) is 13.8 Å². The van der Waals surface area contributed by atoms with Gasteiger partial charge in [0.05, 0.1) is 13.2 Å². The van der Waals surface area contributed by atoms with Gasteiger partial charge >= 0.3 is 0 Å². The highest BCUT2D eigenvalue weighted by molar-refractivity contribution is 9.10. The van der Waals surface area contributed by atoms with Gasteiger partial charge in [0.25, 0.3) is 0 Å². The molecule has 0 heterocycles. The van der Waals surface area contributed by atoms with Crippen LogP contribution < -0.4 is 10.1 Å².